The summed E-state index contributed by atoms with van der Waals surface area (Å²) in [5.41, 5.74) is 1.40. The highest BCUT2D eigenvalue weighted by atomic mass is 32.2. The third-order valence-electron chi connectivity index (χ3n) is 7.83. The number of nitrogens with one attached hydrogen (secondary N) is 1. The number of carbonyl (C=O) groups is 1. The predicted octanol–water partition coefficient (Wildman–Crippen LogP) is 3.77. The molecule has 6 nitrogen and oxygen atoms in total. The second kappa shape index (κ2) is 7.85. The minimum absolute atomic E-state index is 0.0283. The Hall–Kier alpha value is -1.44. The Morgan fingerprint density at radius 2 is 1.81 bits per heavy atom. The molecule has 1 N–H and O–H groups in total. The van der Waals surface area contributed by atoms with E-state index in [0.29, 0.717) is 18.5 Å². The van der Waals surface area contributed by atoms with Crippen molar-refractivity contribution < 1.29 is 17.9 Å². The minimum atomic E-state index is -3.64. The van der Waals surface area contributed by atoms with Gasteiger partial charge >= 0.3 is 0 Å². The van der Waals surface area contributed by atoms with E-state index in [9.17, 15) is 13.2 Å². The Bertz CT molecular complexity index is 939. The lowest BCUT2D eigenvalue weighted by atomic mass is 9.54. The zero-order valence-corrected chi connectivity index (χ0v) is 19.4. The summed E-state index contributed by atoms with van der Waals surface area (Å²) < 4.78 is 35.2. The van der Waals surface area contributed by atoms with Crippen LogP contribution in [0.5, 0.6) is 0 Å². The summed E-state index contributed by atoms with van der Waals surface area (Å²) in [5, 5.41) is 0. The van der Waals surface area contributed by atoms with Crippen molar-refractivity contribution in [3.63, 3.8) is 0 Å². The van der Waals surface area contributed by atoms with Gasteiger partial charge in [0.05, 0.1) is 16.6 Å². The van der Waals surface area contributed by atoms with Crippen LogP contribution < -0.4 is 9.62 Å². The fourth-order valence-corrected chi connectivity index (χ4v) is 8.31. The van der Waals surface area contributed by atoms with E-state index in [0.717, 1.165) is 49.1 Å². The molecule has 0 radical (unpaired) electrons. The third-order valence-corrected chi connectivity index (χ3v) is 9.41. The van der Waals surface area contributed by atoms with Gasteiger partial charge < -0.3 is 9.64 Å². The first-order chi connectivity index (χ1) is 14.7. The molecule has 6 rings (SSSR count). The highest BCUT2D eigenvalue weighted by Crippen LogP contribution is 2.57. The number of anilines is 1. The summed E-state index contributed by atoms with van der Waals surface area (Å²) in [6.45, 7) is 4.74. The molecule has 5 aliphatic rings. The Morgan fingerprint density at radius 3 is 2.35 bits per heavy atom. The molecule has 1 aromatic carbocycles. The minimum Gasteiger partial charge on any atom is -0.371 e. The molecule has 4 bridgehead atoms. The van der Waals surface area contributed by atoms with Crippen LogP contribution in [0.15, 0.2) is 23.1 Å². The van der Waals surface area contributed by atoms with Crippen molar-refractivity contribution in [3.8, 4) is 0 Å². The highest BCUT2D eigenvalue weighted by Gasteiger charge is 2.52. The number of hydrogen-bond acceptors (Lipinski definition) is 4. The molecular weight excluding hydrogens is 412 g/mol. The van der Waals surface area contributed by atoms with Gasteiger partial charge in [-0.1, -0.05) is 0 Å². The van der Waals surface area contributed by atoms with E-state index in [1.165, 1.54) is 19.3 Å². The molecule has 1 aliphatic heterocycles. The Labute approximate surface area is 185 Å². The maximum absolute atomic E-state index is 13.0. The topological polar surface area (TPSA) is 75.7 Å². The van der Waals surface area contributed by atoms with Crippen molar-refractivity contribution in [3.05, 3.63) is 23.8 Å². The summed E-state index contributed by atoms with van der Waals surface area (Å²) in [6, 6.07) is 5.15. The molecule has 4 aliphatic carbocycles. The number of nitrogens with zero attached hydrogens (tertiary/aromatic N) is 1. The number of ether oxygens (including phenoxy) is 1. The Kier molecular flexibility index (Phi) is 5.42. The predicted molar refractivity (Wildman–Crippen MR) is 119 cm³/mol. The summed E-state index contributed by atoms with van der Waals surface area (Å²) in [5.74, 6) is 2.51. The van der Waals surface area contributed by atoms with Crippen molar-refractivity contribution in [2.45, 2.75) is 81.8 Å². The van der Waals surface area contributed by atoms with Gasteiger partial charge in [-0.2, -0.15) is 0 Å². The molecule has 1 atom stereocenters. The van der Waals surface area contributed by atoms with Crippen LogP contribution in [0.2, 0.25) is 0 Å². The van der Waals surface area contributed by atoms with Gasteiger partial charge in [0.15, 0.2) is 0 Å². The smallest absolute Gasteiger partial charge is 0.240 e. The summed E-state index contributed by atoms with van der Waals surface area (Å²) in [7, 11) is -3.64. The van der Waals surface area contributed by atoms with E-state index in [1.54, 1.807) is 30.0 Å². The van der Waals surface area contributed by atoms with Crippen LogP contribution >= 0.6 is 0 Å². The summed E-state index contributed by atoms with van der Waals surface area (Å²) in [4.78, 5) is 14.0. The van der Waals surface area contributed by atoms with Gasteiger partial charge in [-0.25, -0.2) is 13.1 Å². The first-order valence-corrected chi connectivity index (χ1v) is 13.3. The average Bonchev–Trinajstić information content (AvgIpc) is 3.11. The molecular formula is C24H34N2O4S. The number of benzene rings is 1. The van der Waals surface area contributed by atoms with Crippen LogP contribution in [0.3, 0.4) is 0 Å². The highest BCUT2D eigenvalue weighted by molar-refractivity contribution is 7.89. The standard InChI is InChI=1S/C24H34N2O4S/c1-16-8-21(26-7-3-4-23(26)27)5-6-22(16)31(28,29)25-15-17(2)30-24-12-18-9-19(13-24)11-20(10-18)14-24/h5-6,8,17-20,25H,3-4,7,9-15H2,1-2H3. The molecule has 0 spiro atoms. The monoisotopic (exact) mass is 446 g/mol. The van der Waals surface area contributed by atoms with Gasteiger partial charge in [0, 0.05) is 25.2 Å². The number of sulfonamides is 1. The van der Waals surface area contributed by atoms with E-state index in [-0.39, 0.29) is 29.1 Å². The molecule has 1 heterocycles. The number of aryl methyl sites for hydroxylation is 1. The molecule has 1 amide bonds. The molecule has 31 heavy (non-hydrogen) atoms. The number of amides is 1. The number of carbonyl (C=O) groups excluding carboxylic acids is 1. The molecule has 0 aromatic heterocycles. The lowest BCUT2D eigenvalue weighted by Crippen LogP contribution is -2.53. The maximum atomic E-state index is 13.0. The maximum Gasteiger partial charge on any atom is 0.240 e. The van der Waals surface area contributed by atoms with Gasteiger partial charge in [0.2, 0.25) is 15.9 Å². The van der Waals surface area contributed by atoms with Crippen molar-refractivity contribution in [2.75, 3.05) is 18.0 Å². The SMILES string of the molecule is Cc1cc(N2CCCC2=O)ccc1S(=O)(=O)NCC(C)OC12CC3CC(CC(C3)C1)C2. The van der Waals surface area contributed by atoms with Crippen molar-refractivity contribution in [1.82, 2.24) is 4.72 Å². The van der Waals surface area contributed by atoms with Crippen LogP contribution in [0, 0.1) is 24.7 Å². The van der Waals surface area contributed by atoms with Crippen LogP contribution in [-0.4, -0.2) is 39.1 Å². The van der Waals surface area contributed by atoms with E-state index in [4.69, 9.17) is 4.74 Å². The first-order valence-electron chi connectivity index (χ1n) is 11.8. The van der Waals surface area contributed by atoms with Crippen LogP contribution in [0.4, 0.5) is 5.69 Å². The normalized spacial score (nSPS) is 33.3. The quantitative estimate of drug-likeness (QED) is 0.692. The molecule has 1 unspecified atom stereocenters. The summed E-state index contributed by atoms with van der Waals surface area (Å²) in [6.07, 6.45) is 8.77. The number of rotatable bonds is 7. The van der Waals surface area contributed by atoms with E-state index in [1.807, 2.05) is 6.92 Å². The fraction of sp³-hybridized carbons (Fsp3) is 0.708. The van der Waals surface area contributed by atoms with E-state index >= 15 is 0 Å². The second-order valence-corrected chi connectivity index (χ2v) is 12.2. The van der Waals surface area contributed by atoms with Gasteiger partial charge in [-0.15, -0.1) is 0 Å². The Balaban J connectivity index is 1.22. The number of hydrogen-bond donors (Lipinski definition) is 1. The van der Waals surface area contributed by atoms with Gasteiger partial charge in [-0.05, 0) is 100 Å². The lowest BCUT2D eigenvalue weighted by molar-refractivity contribution is -0.182. The first kappa shape index (κ1) is 21.4. The summed E-state index contributed by atoms with van der Waals surface area (Å²) >= 11 is 0. The zero-order valence-electron chi connectivity index (χ0n) is 18.6. The average molecular weight is 447 g/mol. The van der Waals surface area contributed by atoms with Crippen LogP contribution in [0.25, 0.3) is 0 Å². The molecule has 1 aromatic rings. The van der Waals surface area contributed by atoms with Crippen LogP contribution in [0.1, 0.15) is 63.9 Å². The Morgan fingerprint density at radius 1 is 1.16 bits per heavy atom. The van der Waals surface area contributed by atoms with E-state index in [2.05, 4.69) is 4.72 Å². The zero-order chi connectivity index (χ0) is 21.8. The molecule has 1 saturated heterocycles. The second-order valence-electron chi connectivity index (χ2n) is 10.5. The van der Waals surface area contributed by atoms with Crippen molar-refractivity contribution in [2.24, 2.45) is 17.8 Å². The lowest BCUT2D eigenvalue weighted by Gasteiger charge is -2.57. The van der Waals surface area contributed by atoms with E-state index < -0.39 is 10.0 Å². The fourth-order valence-electron chi connectivity index (χ4n) is 6.97. The van der Waals surface area contributed by atoms with Gasteiger partial charge in [0.25, 0.3) is 0 Å². The van der Waals surface area contributed by atoms with Crippen molar-refractivity contribution in [1.29, 1.82) is 0 Å². The third kappa shape index (κ3) is 4.16. The molecule has 5 fully saturated rings. The van der Waals surface area contributed by atoms with Crippen LogP contribution in [-0.2, 0) is 19.6 Å². The van der Waals surface area contributed by atoms with Gasteiger partial charge in [0.1, 0.15) is 0 Å². The molecule has 7 heteroatoms. The van der Waals surface area contributed by atoms with Gasteiger partial charge in [-0.3, -0.25) is 4.79 Å². The largest absolute Gasteiger partial charge is 0.371 e. The molecule has 4 saturated carbocycles. The van der Waals surface area contributed by atoms with Crippen molar-refractivity contribution >= 4 is 21.6 Å². The molecule has 170 valence electrons.